The Balaban J connectivity index is 2.80. The summed E-state index contributed by atoms with van der Waals surface area (Å²) in [5, 5.41) is 11.9. The van der Waals surface area contributed by atoms with Gasteiger partial charge >= 0.3 is 0 Å². The summed E-state index contributed by atoms with van der Waals surface area (Å²) in [5.41, 5.74) is 10.9. The van der Waals surface area contributed by atoms with E-state index >= 15 is 0 Å². The first-order chi connectivity index (χ1) is 7.95. The number of halogens is 1. The molecule has 0 spiro atoms. The number of methoxy groups -OCH3 is 1. The van der Waals surface area contributed by atoms with Crippen LogP contribution in [0.1, 0.15) is 0 Å². The fourth-order valence-corrected chi connectivity index (χ4v) is 1.19. The third kappa shape index (κ3) is 3.22. The Morgan fingerprint density at radius 3 is 2.82 bits per heavy atom. The molecule has 1 amide bonds. The number of aliphatic hydroxyl groups is 1. The number of rotatable bonds is 5. The molecule has 0 radical (unpaired) electrons. The van der Waals surface area contributed by atoms with Crippen LogP contribution >= 0.6 is 0 Å². The first kappa shape index (κ1) is 13.0. The van der Waals surface area contributed by atoms with Crippen molar-refractivity contribution in [3.8, 4) is 5.75 Å². The molecule has 6 nitrogen and oxygen atoms in total. The summed E-state index contributed by atoms with van der Waals surface area (Å²) in [7, 11) is 1.32. The van der Waals surface area contributed by atoms with Crippen LogP contribution in [-0.2, 0) is 4.79 Å². The van der Waals surface area contributed by atoms with E-state index in [1.165, 1.54) is 13.2 Å². The number of aliphatic hydroxyl groups excluding tert-OH is 1. The summed E-state index contributed by atoms with van der Waals surface area (Å²) in [5.74, 6) is -1.44. The third-order valence-corrected chi connectivity index (χ3v) is 2.14. The predicted octanol–water partition coefficient (Wildman–Crippen LogP) is -0.325. The highest BCUT2D eigenvalue weighted by Crippen LogP contribution is 2.27. The molecule has 0 aliphatic rings. The first-order valence-electron chi connectivity index (χ1n) is 4.80. The zero-order chi connectivity index (χ0) is 13.0. The SMILES string of the molecule is COc1cc(NCC(O)C(N)=O)c(N)cc1F. The number of nitrogens with one attached hydrogen (secondary N) is 1. The number of hydrogen-bond acceptors (Lipinski definition) is 5. The Hall–Kier alpha value is -2.02. The van der Waals surface area contributed by atoms with E-state index in [2.05, 4.69) is 5.32 Å². The molecule has 0 bridgehead atoms. The number of carbonyl (C=O) groups excluding carboxylic acids is 1. The van der Waals surface area contributed by atoms with Crippen molar-refractivity contribution in [2.75, 3.05) is 24.7 Å². The zero-order valence-corrected chi connectivity index (χ0v) is 9.24. The molecule has 1 aromatic rings. The van der Waals surface area contributed by atoms with Gasteiger partial charge in [-0.3, -0.25) is 4.79 Å². The van der Waals surface area contributed by atoms with Gasteiger partial charge < -0.3 is 26.6 Å². The molecule has 0 aliphatic heterocycles. The van der Waals surface area contributed by atoms with E-state index in [4.69, 9.17) is 16.2 Å². The molecular formula is C10H14FN3O3. The average Bonchev–Trinajstić information content (AvgIpc) is 2.27. The summed E-state index contributed by atoms with van der Waals surface area (Å²) in [4.78, 5) is 10.6. The van der Waals surface area contributed by atoms with Gasteiger partial charge in [-0.15, -0.1) is 0 Å². The van der Waals surface area contributed by atoms with Crippen molar-refractivity contribution in [3.05, 3.63) is 17.9 Å². The van der Waals surface area contributed by atoms with Crippen LogP contribution in [0.5, 0.6) is 5.75 Å². The first-order valence-corrected chi connectivity index (χ1v) is 4.80. The molecule has 0 aromatic heterocycles. The second-order valence-corrected chi connectivity index (χ2v) is 3.37. The predicted molar refractivity (Wildman–Crippen MR) is 61.1 cm³/mol. The summed E-state index contributed by atoms with van der Waals surface area (Å²) in [6, 6.07) is 2.41. The number of carbonyl (C=O) groups is 1. The largest absolute Gasteiger partial charge is 0.494 e. The van der Waals surface area contributed by atoms with Crippen LogP contribution in [0.4, 0.5) is 15.8 Å². The smallest absolute Gasteiger partial charge is 0.248 e. The molecule has 0 fully saturated rings. The standard InChI is InChI=1S/C10H14FN3O3/c1-17-9-3-7(6(12)2-5(9)11)14-4-8(15)10(13)16/h2-3,8,14-15H,4,12H2,1H3,(H2,13,16). The van der Waals surface area contributed by atoms with E-state index < -0.39 is 17.8 Å². The van der Waals surface area contributed by atoms with Crippen LogP contribution in [0.15, 0.2) is 12.1 Å². The highest BCUT2D eigenvalue weighted by Gasteiger charge is 2.12. The fourth-order valence-electron chi connectivity index (χ4n) is 1.19. The lowest BCUT2D eigenvalue weighted by atomic mass is 10.2. The van der Waals surface area contributed by atoms with Crippen LogP contribution < -0.4 is 21.5 Å². The number of amides is 1. The maximum Gasteiger partial charge on any atom is 0.248 e. The summed E-state index contributed by atoms with van der Waals surface area (Å²) >= 11 is 0. The molecule has 0 saturated carbocycles. The Bertz CT molecular complexity index is 426. The normalized spacial score (nSPS) is 11.9. The molecule has 7 heteroatoms. The minimum absolute atomic E-state index is 0.00950. The lowest BCUT2D eigenvalue weighted by Crippen LogP contribution is -2.34. The van der Waals surface area contributed by atoms with Crippen molar-refractivity contribution in [2.24, 2.45) is 5.73 Å². The molecule has 0 heterocycles. The van der Waals surface area contributed by atoms with Crippen LogP contribution in [0.3, 0.4) is 0 Å². The molecule has 1 atom stereocenters. The number of benzene rings is 1. The van der Waals surface area contributed by atoms with E-state index in [0.717, 1.165) is 6.07 Å². The van der Waals surface area contributed by atoms with Crippen molar-refractivity contribution in [2.45, 2.75) is 6.10 Å². The number of nitrogen functional groups attached to an aromatic ring is 1. The number of ether oxygens (including phenoxy) is 1. The van der Waals surface area contributed by atoms with Crippen LogP contribution in [-0.4, -0.2) is 30.8 Å². The van der Waals surface area contributed by atoms with E-state index in [-0.39, 0.29) is 18.0 Å². The Morgan fingerprint density at radius 1 is 1.65 bits per heavy atom. The van der Waals surface area contributed by atoms with Gasteiger partial charge in [0.05, 0.1) is 18.5 Å². The average molecular weight is 243 g/mol. The fraction of sp³-hybridized carbons (Fsp3) is 0.300. The van der Waals surface area contributed by atoms with Gasteiger partial charge in [-0.1, -0.05) is 0 Å². The monoisotopic (exact) mass is 243 g/mol. The van der Waals surface area contributed by atoms with E-state index in [1.54, 1.807) is 0 Å². The van der Waals surface area contributed by atoms with Gasteiger partial charge in [0.2, 0.25) is 5.91 Å². The molecular weight excluding hydrogens is 229 g/mol. The van der Waals surface area contributed by atoms with Gasteiger partial charge in [-0.2, -0.15) is 0 Å². The summed E-state index contributed by atoms with van der Waals surface area (Å²) < 4.78 is 18.0. The Kier molecular flexibility index (Phi) is 4.11. The Morgan fingerprint density at radius 2 is 2.29 bits per heavy atom. The van der Waals surface area contributed by atoms with Crippen LogP contribution in [0, 0.1) is 5.82 Å². The van der Waals surface area contributed by atoms with Crippen molar-refractivity contribution in [1.82, 2.24) is 0 Å². The minimum atomic E-state index is -1.34. The number of hydrogen-bond donors (Lipinski definition) is 4. The molecule has 1 rings (SSSR count). The van der Waals surface area contributed by atoms with E-state index in [0.29, 0.717) is 5.69 Å². The molecule has 1 unspecified atom stereocenters. The Labute approximate surface area is 97.4 Å². The van der Waals surface area contributed by atoms with E-state index in [1.807, 2.05) is 0 Å². The van der Waals surface area contributed by atoms with Crippen LogP contribution in [0.2, 0.25) is 0 Å². The maximum absolute atomic E-state index is 13.2. The van der Waals surface area contributed by atoms with Gasteiger partial charge in [0.1, 0.15) is 6.10 Å². The highest BCUT2D eigenvalue weighted by atomic mass is 19.1. The number of anilines is 2. The lowest BCUT2D eigenvalue weighted by Gasteiger charge is -2.13. The molecule has 6 N–H and O–H groups in total. The van der Waals surface area contributed by atoms with Crippen molar-refractivity contribution in [3.63, 3.8) is 0 Å². The second kappa shape index (κ2) is 5.35. The summed E-state index contributed by atoms with van der Waals surface area (Å²) in [6.07, 6.45) is -1.34. The lowest BCUT2D eigenvalue weighted by molar-refractivity contribution is -0.125. The van der Waals surface area contributed by atoms with Gasteiger partial charge in [0.25, 0.3) is 0 Å². The van der Waals surface area contributed by atoms with Gasteiger partial charge in [0, 0.05) is 18.7 Å². The maximum atomic E-state index is 13.2. The molecule has 0 aliphatic carbocycles. The zero-order valence-electron chi connectivity index (χ0n) is 9.24. The number of primary amides is 1. The van der Waals surface area contributed by atoms with Crippen molar-refractivity contribution in [1.29, 1.82) is 0 Å². The third-order valence-electron chi connectivity index (χ3n) is 2.14. The molecule has 1 aromatic carbocycles. The molecule has 17 heavy (non-hydrogen) atoms. The minimum Gasteiger partial charge on any atom is -0.494 e. The van der Waals surface area contributed by atoms with Crippen molar-refractivity contribution >= 4 is 17.3 Å². The molecule has 94 valence electrons. The second-order valence-electron chi connectivity index (χ2n) is 3.37. The quantitative estimate of drug-likeness (QED) is 0.529. The van der Waals surface area contributed by atoms with Crippen molar-refractivity contribution < 1.29 is 19.0 Å². The van der Waals surface area contributed by atoms with E-state index in [9.17, 15) is 14.3 Å². The van der Waals surface area contributed by atoms with Gasteiger partial charge in [-0.25, -0.2) is 4.39 Å². The van der Waals surface area contributed by atoms with Gasteiger partial charge in [0.15, 0.2) is 11.6 Å². The topological polar surface area (TPSA) is 111 Å². The molecule has 0 saturated heterocycles. The number of nitrogens with two attached hydrogens (primary N) is 2. The summed E-state index contributed by atoms with van der Waals surface area (Å²) in [6.45, 7) is -0.117. The highest BCUT2D eigenvalue weighted by molar-refractivity contribution is 5.79. The van der Waals surface area contributed by atoms with Crippen LogP contribution in [0.25, 0.3) is 0 Å². The van der Waals surface area contributed by atoms with Gasteiger partial charge in [-0.05, 0) is 0 Å².